The van der Waals surface area contributed by atoms with Crippen LogP contribution in [0.1, 0.15) is 44.9 Å². The Morgan fingerprint density at radius 3 is 2.33 bits per heavy atom. The van der Waals surface area contributed by atoms with Crippen molar-refractivity contribution in [3.63, 3.8) is 0 Å². The number of rotatable bonds is 8. The molecule has 0 spiro atoms. The van der Waals surface area contributed by atoms with Crippen LogP contribution < -0.4 is 0 Å². The first-order valence-corrected chi connectivity index (χ1v) is 5.04. The third-order valence-corrected chi connectivity index (χ3v) is 2.02. The van der Waals surface area contributed by atoms with Crippen molar-refractivity contribution in [2.24, 2.45) is 0 Å². The molecule has 0 aliphatic carbocycles. The lowest BCUT2D eigenvalue weighted by molar-refractivity contribution is -0.110. The molecule has 1 nitrogen and oxygen atoms in total. The van der Waals surface area contributed by atoms with Crippen molar-refractivity contribution in [1.82, 2.24) is 0 Å². The fraction of sp³-hybridized carbons (Fsp3) is 0.700. The molecule has 0 radical (unpaired) electrons. The smallest absolute Gasteiger partial charge is 0.185 e. The van der Waals surface area contributed by atoms with Gasteiger partial charge >= 0.3 is 0 Å². The van der Waals surface area contributed by atoms with Gasteiger partial charge < -0.3 is 0 Å². The number of thiol groups is 1. The topological polar surface area (TPSA) is 17.1 Å². The van der Waals surface area contributed by atoms with E-state index < -0.39 is 0 Å². The zero-order valence-corrected chi connectivity index (χ0v) is 8.48. The summed E-state index contributed by atoms with van der Waals surface area (Å²) in [6.45, 7) is 3.66. The summed E-state index contributed by atoms with van der Waals surface area (Å²) >= 11 is 3.70. The molecule has 0 atom stereocenters. The van der Waals surface area contributed by atoms with E-state index in [2.05, 4.69) is 19.2 Å². The molecule has 0 aliphatic heterocycles. The van der Waals surface area contributed by atoms with E-state index in [1.54, 1.807) is 0 Å². The highest BCUT2D eigenvalue weighted by molar-refractivity contribution is 7.96. The van der Waals surface area contributed by atoms with Gasteiger partial charge in [-0.25, -0.2) is 0 Å². The van der Waals surface area contributed by atoms with Crippen LogP contribution in [0.15, 0.2) is 12.7 Å². The van der Waals surface area contributed by atoms with Crippen LogP contribution >= 0.6 is 12.6 Å². The van der Waals surface area contributed by atoms with E-state index in [4.69, 9.17) is 0 Å². The van der Waals surface area contributed by atoms with Gasteiger partial charge in [0.1, 0.15) is 0 Å². The molecule has 0 saturated heterocycles. The third-order valence-electron chi connectivity index (χ3n) is 1.80. The first-order chi connectivity index (χ1) is 5.77. The van der Waals surface area contributed by atoms with Crippen LogP contribution in [0.3, 0.4) is 0 Å². The normalized spacial score (nSPS) is 9.75. The highest BCUT2D eigenvalue weighted by Crippen LogP contribution is 2.07. The molecule has 0 aromatic heterocycles. The SMILES string of the molecule is C=CCCCCCCCC(=O)S. The molecular weight excluding hydrogens is 168 g/mol. The standard InChI is InChI=1S/C10H18OS/c1-2-3-4-5-6-7-8-9-10(11)12/h2H,1,3-9H2,(H,11,12). The van der Waals surface area contributed by atoms with E-state index in [0.717, 1.165) is 19.3 Å². The lowest BCUT2D eigenvalue weighted by Gasteiger charge is -1.97. The number of allylic oxidation sites excluding steroid dienone is 1. The van der Waals surface area contributed by atoms with Gasteiger partial charge in [-0.1, -0.05) is 25.3 Å². The average molecular weight is 186 g/mol. The van der Waals surface area contributed by atoms with Crippen LogP contribution in [0.25, 0.3) is 0 Å². The number of hydrogen-bond acceptors (Lipinski definition) is 1. The first-order valence-electron chi connectivity index (χ1n) is 4.60. The number of unbranched alkanes of at least 4 members (excludes halogenated alkanes) is 5. The highest BCUT2D eigenvalue weighted by atomic mass is 32.1. The lowest BCUT2D eigenvalue weighted by atomic mass is 10.1. The van der Waals surface area contributed by atoms with Gasteiger partial charge in [0, 0.05) is 6.42 Å². The van der Waals surface area contributed by atoms with Gasteiger partial charge in [-0.3, -0.25) is 4.79 Å². The Kier molecular flexibility index (Phi) is 8.68. The Balaban J connectivity index is 2.90. The quantitative estimate of drug-likeness (QED) is 0.349. The summed E-state index contributed by atoms with van der Waals surface area (Å²) in [5, 5.41) is 0.0149. The van der Waals surface area contributed by atoms with Gasteiger partial charge in [0.25, 0.3) is 0 Å². The van der Waals surface area contributed by atoms with E-state index in [1.807, 2.05) is 6.08 Å². The summed E-state index contributed by atoms with van der Waals surface area (Å²) in [7, 11) is 0. The predicted octanol–water partition coefficient (Wildman–Crippen LogP) is 3.36. The number of carbonyl (C=O) groups excluding carboxylic acids is 1. The van der Waals surface area contributed by atoms with Crippen molar-refractivity contribution >= 4 is 17.7 Å². The maximum absolute atomic E-state index is 10.4. The summed E-state index contributed by atoms with van der Waals surface area (Å²) < 4.78 is 0. The Bertz CT molecular complexity index is 132. The van der Waals surface area contributed by atoms with E-state index in [0.29, 0.717) is 6.42 Å². The largest absolute Gasteiger partial charge is 0.288 e. The summed E-state index contributed by atoms with van der Waals surface area (Å²) in [6, 6.07) is 0. The van der Waals surface area contributed by atoms with Crippen molar-refractivity contribution < 1.29 is 4.79 Å². The third kappa shape index (κ3) is 9.76. The van der Waals surface area contributed by atoms with Crippen molar-refractivity contribution in [1.29, 1.82) is 0 Å². The fourth-order valence-corrected chi connectivity index (χ4v) is 1.25. The maximum Gasteiger partial charge on any atom is 0.185 e. The van der Waals surface area contributed by atoms with Crippen LogP contribution in [0.4, 0.5) is 0 Å². The van der Waals surface area contributed by atoms with Crippen molar-refractivity contribution in [2.45, 2.75) is 44.9 Å². The van der Waals surface area contributed by atoms with Gasteiger partial charge in [0.05, 0.1) is 0 Å². The number of hydrogen-bond donors (Lipinski definition) is 1. The molecule has 70 valence electrons. The Morgan fingerprint density at radius 2 is 1.75 bits per heavy atom. The van der Waals surface area contributed by atoms with Gasteiger partial charge in [0.15, 0.2) is 5.12 Å². The van der Waals surface area contributed by atoms with Crippen LogP contribution in [-0.4, -0.2) is 5.12 Å². The van der Waals surface area contributed by atoms with Crippen LogP contribution in [0, 0.1) is 0 Å². The minimum atomic E-state index is 0.0149. The molecule has 12 heavy (non-hydrogen) atoms. The molecule has 0 amide bonds. The molecule has 0 heterocycles. The minimum absolute atomic E-state index is 0.0149. The molecule has 0 bridgehead atoms. The first kappa shape index (κ1) is 11.8. The molecule has 0 fully saturated rings. The van der Waals surface area contributed by atoms with Gasteiger partial charge in [-0.15, -0.1) is 19.2 Å². The van der Waals surface area contributed by atoms with E-state index in [9.17, 15) is 4.79 Å². The molecule has 0 rings (SSSR count). The Morgan fingerprint density at radius 1 is 1.17 bits per heavy atom. The highest BCUT2D eigenvalue weighted by Gasteiger charge is 1.93. The molecule has 0 unspecified atom stereocenters. The molecule has 0 saturated carbocycles. The maximum atomic E-state index is 10.4. The lowest BCUT2D eigenvalue weighted by Crippen LogP contribution is -1.86. The van der Waals surface area contributed by atoms with Crippen LogP contribution in [-0.2, 0) is 4.79 Å². The molecule has 0 N–H and O–H groups in total. The predicted molar refractivity (Wildman–Crippen MR) is 56.5 cm³/mol. The van der Waals surface area contributed by atoms with E-state index >= 15 is 0 Å². The Hall–Kier alpha value is -0.240. The fourth-order valence-electron chi connectivity index (χ4n) is 1.10. The zero-order chi connectivity index (χ0) is 9.23. The average Bonchev–Trinajstić information content (AvgIpc) is 2.02. The second kappa shape index (κ2) is 8.85. The molecule has 0 aromatic rings. The second-order valence-corrected chi connectivity index (χ2v) is 3.49. The molecule has 0 aliphatic rings. The van der Waals surface area contributed by atoms with E-state index in [-0.39, 0.29) is 5.12 Å². The summed E-state index contributed by atoms with van der Waals surface area (Å²) in [6.07, 6.45) is 9.58. The van der Waals surface area contributed by atoms with E-state index in [1.165, 1.54) is 19.3 Å². The molecular formula is C10H18OS. The van der Waals surface area contributed by atoms with Crippen LogP contribution in [0.5, 0.6) is 0 Å². The van der Waals surface area contributed by atoms with Gasteiger partial charge in [0.2, 0.25) is 0 Å². The minimum Gasteiger partial charge on any atom is -0.288 e. The van der Waals surface area contributed by atoms with Gasteiger partial charge in [-0.2, -0.15) is 0 Å². The second-order valence-electron chi connectivity index (χ2n) is 2.99. The van der Waals surface area contributed by atoms with Crippen molar-refractivity contribution in [2.75, 3.05) is 0 Å². The van der Waals surface area contributed by atoms with Gasteiger partial charge in [-0.05, 0) is 19.3 Å². The number of carbonyl (C=O) groups is 1. The zero-order valence-electron chi connectivity index (χ0n) is 7.59. The summed E-state index contributed by atoms with van der Waals surface area (Å²) in [4.78, 5) is 10.4. The van der Waals surface area contributed by atoms with Crippen molar-refractivity contribution in [3.8, 4) is 0 Å². The van der Waals surface area contributed by atoms with Crippen LogP contribution in [0.2, 0.25) is 0 Å². The van der Waals surface area contributed by atoms with Crippen molar-refractivity contribution in [3.05, 3.63) is 12.7 Å². The molecule has 2 heteroatoms. The molecule has 0 aromatic carbocycles. The summed E-state index contributed by atoms with van der Waals surface area (Å²) in [5.41, 5.74) is 0. The Labute approximate surface area is 80.7 Å². The monoisotopic (exact) mass is 186 g/mol. The summed E-state index contributed by atoms with van der Waals surface area (Å²) in [5.74, 6) is 0.